The van der Waals surface area contributed by atoms with Gasteiger partial charge in [-0.15, -0.1) is 0 Å². The van der Waals surface area contributed by atoms with E-state index in [1.807, 2.05) is 69.3 Å². The molecule has 5 rings (SSSR count). The zero-order chi connectivity index (χ0) is 30.3. The number of aromatic nitrogens is 1. The maximum atomic E-state index is 8.89. The molecule has 0 aliphatic heterocycles. The van der Waals surface area contributed by atoms with Crippen molar-refractivity contribution in [1.29, 1.82) is 0 Å². The van der Waals surface area contributed by atoms with E-state index in [0.717, 1.165) is 21.5 Å². The van der Waals surface area contributed by atoms with Gasteiger partial charge in [0.2, 0.25) is 0 Å². The standard InChI is InChI=1S/C32H35NO/c1-20-19-33-28(16-23(20)18-32(5,6)7)26-10-8-9-24-25-14-13-22-12-11-21(17-31(2,3)4)15-27(22)30(25)34-29(24)26/h8-16,19H,17-18H2,1-7H3/i1D3,17D2,18D2. The van der Waals surface area contributed by atoms with Crippen LogP contribution in [0.3, 0.4) is 0 Å². The van der Waals surface area contributed by atoms with Gasteiger partial charge in [-0.1, -0.05) is 71.9 Å². The molecular weight excluding hydrogens is 414 g/mol. The van der Waals surface area contributed by atoms with Crippen LogP contribution >= 0.6 is 0 Å². The van der Waals surface area contributed by atoms with Crippen LogP contribution in [-0.4, -0.2) is 4.98 Å². The fourth-order valence-electron chi connectivity index (χ4n) is 4.40. The fraction of sp³-hybridized carbons (Fsp3) is 0.344. The molecule has 0 N–H and O–H groups in total. The summed E-state index contributed by atoms with van der Waals surface area (Å²) in [5, 5.41) is 3.43. The summed E-state index contributed by atoms with van der Waals surface area (Å²) in [6.07, 6.45) is -2.26. The van der Waals surface area contributed by atoms with Gasteiger partial charge in [0.05, 0.1) is 5.69 Å². The van der Waals surface area contributed by atoms with Crippen molar-refractivity contribution in [2.24, 2.45) is 10.8 Å². The zero-order valence-electron chi connectivity index (χ0n) is 27.6. The first-order valence-corrected chi connectivity index (χ1v) is 11.6. The fourth-order valence-corrected chi connectivity index (χ4v) is 4.40. The van der Waals surface area contributed by atoms with E-state index >= 15 is 0 Å². The Balaban J connectivity index is 1.78. The SMILES string of the molecule is [2H]C([2H])([2H])c1cnc(-c2cccc3c2oc2c4cc(C([2H])([2H])C(C)(C)C)ccc4ccc32)cc1C([2H])([2H])C(C)(C)C. The van der Waals surface area contributed by atoms with Gasteiger partial charge in [0.1, 0.15) is 11.2 Å². The molecule has 0 aliphatic rings. The Bertz CT molecular complexity index is 1800. The lowest BCUT2D eigenvalue weighted by Crippen LogP contribution is -2.10. The van der Waals surface area contributed by atoms with Gasteiger partial charge in [0, 0.05) is 37.5 Å². The van der Waals surface area contributed by atoms with Crippen LogP contribution in [0.15, 0.2) is 65.2 Å². The maximum absolute atomic E-state index is 8.89. The third-order valence-electron chi connectivity index (χ3n) is 5.69. The molecule has 0 radical (unpaired) electrons. The molecule has 2 aromatic heterocycles. The normalized spacial score (nSPS) is 17.1. The molecule has 0 unspecified atom stereocenters. The van der Waals surface area contributed by atoms with E-state index in [-0.39, 0.29) is 11.1 Å². The number of fused-ring (bicyclic) bond motifs is 5. The Hall–Kier alpha value is -3.13. The van der Waals surface area contributed by atoms with Gasteiger partial charge in [-0.3, -0.25) is 4.98 Å². The van der Waals surface area contributed by atoms with E-state index < -0.39 is 30.4 Å². The van der Waals surface area contributed by atoms with Gasteiger partial charge >= 0.3 is 0 Å². The average Bonchev–Trinajstić information content (AvgIpc) is 3.25. The zero-order valence-corrected chi connectivity index (χ0v) is 20.6. The topological polar surface area (TPSA) is 26.0 Å². The summed E-state index contributed by atoms with van der Waals surface area (Å²) in [7, 11) is 0. The summed E-state index contributed by atoms with van der Waals surface area (Å²) in [5.41, 5.74) is 1.28. The summed E-state index contributed by atoms with van der Waals surface area (Å²) in [6, 6.07) is 16.8. The monoisotopic (exact) mass is 456 g/mol. The summed E-state index contributed by atoms with van der Waals surface area (Å²) in [4.78, 5) is 4.49. The highest BCUT2D eigenvalue weighted by molar-refractivity contribution is 6.17. The molecule has 0 spiro atoms. The Kier molecular flexibility index (Phi) is 3.69. The van der Waals surface area contributed by atoms with Crippen molar-refractivity contribution in [2.75, 3.05) is 0 Å². The van der Waals surface area contributed by atoms with Crippen LogP contribution in [-0.2, 0) is 12.7 Å². The molecule has 0 amide bonds. The van der Waals surface area contributed by atoms with Gasteiger partial charge in [-0.2, -0.15) is 0 Å². The molecule has 2 heterocycles. The van der Waals surface area contributed by atoms with Crippen molar-refractivity contribution in [2.45, 2.75) is 61.1 Å². The molecule has 0 bridgehead atoms. The molecule has 0 saturated carbocycles. The number of hydrogen-bond donors (Lipinski definition) is 0. The smallest absolute Gasteiger partial charge is 0.144 e. The minimum atomic E-state index is -2.53. The predicted octanol–water partition coefficient (Wildman–Crippen LogP) is 9.29. The third kappa shape index (κ3) is 4.34. The Morgan fingerprint density at radius 3 is 2.29 bits per heavy atom. The summed E-state index contributed by atoms with van der Waals surface area (Å²) in [5.74, 6) is 0. The first kappa shape index (κ1) is 15.7. The molecule has 5 aromatic rings. The van der Waals surface area contributed by atoms with E-state index in [4.69, 9.17) is 14.0 Å². The second kappa shape index (κ2) is 7.98. The lowest BCUT2D eigenvalue weighted by Gasteiger charge is -2.20. The number of rotatable bonds is 3. The summed E-state index contributed by atoms with van der Waals surface area (Å²) in [6.45, 7) is 8.36. The van der Waals surface area contributed by atoms with E-state index in [1.165, 1.54) is 6.20 Å². The highest BCUT2D eigenvalue weighted by atomic mass is 16.3. The third-order valence-corrected chi connectivity index (χ3v) is 5.69. The van der Waals surface area contributed by atoms with Crippen molar-refractivity contribution in [3.63, 3.8) is 0 Å². The van der Waals surface area contributed by atoms with E-state index in [9.17, 15) is 0 Å². The molecule has 0 aliphatic carbocycles. The number of aryl methyl sites for hydroxylation is 1. The van der Waals surface area contributed by atoms with Gasteiger partial charge in [-0.05, 0) is 76.8 Å². The average molecular weight is 457 g/mol. The molecule has 174 valence electrons. The molecule has 34 heavy (non-hydrogen) atoms. The van der Waals surface area contributed by atoms with Crippen LogP contribution in [0.2, 0.25) is 0 Å². The van der Waals surface area contributed by atoms with Gasteiger partial charge in [-0.25, -0.2) is 0 Å². The number of pyridine rings is 1. The van der Waals surface area contributed by atoms with E-state index in [2.05, 4.69) is 4.98 Å². The van der Waals surface area contributed by atoms with Crippen molar-refractivity contribution >= 4 is 32.7 Å². The minimum Gasteiger partial charge on any atom is -0.455 e. The van der Waals surface area contributed by atoms with Crippen molar-refractivity contribution in [1.82, 2.24) is 4.98 Å². The van der Waals surface area contributed by atoms with Gasteiger partial charge in [0.15, 0.2) is 0 Å². The Morgan fingerprint density at radius 2 is 1.56 bits per heavy atom. The first-order valence-electron chi connectivity index (χ1n) is 15.1. The summed E-state index contributed by atoms with van der Waals surface area (Å²) >= 11 is 0. The lowest BCUT2D eigenvalue weighted by molar-refractivity contribution is 0.410. The molecule has 0 saturated heterocycles. The van der Waals surface area contributed by atoms with Crippen LogP contribution in [0.1, 0.15) is 67.8 Å². The second-order valence-electron chi connectivity index (χ2n) is 11.0. The predicted molar refractivity (Wildman–Crippen MR) is 146 cm³/mol. The van der Waals surface area contributed by atoms with Crippen LogP contribution in [0.5, 0.6) is 0 Å². The minimum absolute atomic E-state index is 0.0858. The quantitative estimate of drug-likeness (QED) is 0.270. The maximum Gasteiger partial charge on any atom is 0.144 e. The Morgan fingerprint density at radius 1 is 0.824 bits per heavy atom. The van der Waals surface area contributed by atoms with Crippen LogP contribution in [0.25, 0.3) is 44.0 Å². The van der Waals surface area contributed by atoms with E-state index in [0.29, 0.717) is 28.0 Å². The molecular formula is C32H35NO. The van der Waals surface area contributed by atoms with Crippen LogP contribution in [0.4, 0.5) is 0 Å². The van der Waals surface area contributed by atoms with Crippen molar-refractivity contribution in [3.05, 3.63) is 77.5 Å². The molecule has 2 heteroatoms. The van der Waals surface area contributed by atoms with E-state index in [1.54, 1.807) is 26.8 Å². The van der Waals surface area contributed by atoms with Gasteiger partial charge < -0.3 is 4.42 Å². The molecule has 0 atom stereocenters. The second-order valence-corrected chi connectivity index (χ2v) is 11.0. The number of para-hydroxylation sites is 1. The molecule has 3 aromatic carbocycles. The largest absolute Gasteiger partial charge is 0.455 e. The van der Waals surface area contributed by atoms with Gasteiger partial charge in [0.25, 0.3) is 0 Å². The lowest BCUT2D eigenvalue weighted by atomic mass is 9.86. The van der Waals surface area contributed by atoms with Crippen LogP contribution in [0, 0.1) is 17.7 Å². The summed E-state index contributed by atoms with van der Waals surface area (Å²) < 4.78 is 66.0. The van der Waals surface area contributed by atoms with Crippen molar-refractivity contribution in [3.8, 4) is 11.3 Å². The number of furan rings is 1. The number of benzene rings is 3. The number of nitrogens with zero attached hydrogens (tertiary/aromatic N) is 1. The first-order chi connectivity index (χ1) is 18.7. The molecule has 2 nitrogen and oxygen atoms in total. The number of hydrogen-bond acceptors (Lipinski definition) is 2. The highest BCUT2D eigenvalue weighted by Gasteiger charge is 2.18. The van der Waals surface area contributed by atoms with Crippen molar-refractivity contribution < 1.29 is 14.0 Å². The molecule has 0 fully saturated rings. The Labute approximate surface area is 212 Å². The van der Waals surface area contributed by atoms with Crippen LogP contribution < -0.4 is 0 Å². The highest BCUT2D eigenvalue weighted by Crippen LogP contribution is 2.39.